The second kappa shape index (κ2) is 9.54. The maximum atomic E-state index is 9.94. The highest BCUT2D eigenvalue weighted by molar-refractivity contribution is 5.45. The topological polar surface area (TPSA) is 103 Å². The van der Waals surface area contributed by atoms with Crippen molar-refractivity contribution in [2.24, 2.45) is 0 Å². The number of nitrogens with zero attached hydrogens (tertiary/aromatic N) is 1. The fraction of sp³-hybridized carbons (Fsp3) is 0.571. The number of para-hydroxylation sites is 1. The first-order chi connectivity index (χ1) is 10.1. The van der Waals surface area contributed by atoms with Gasteiger partial charge in [-0.2, -0.15) is 0 Å². The third-order valence-corrected chi connectivity index (χ3v) is 3.03. The van der Waals surface area contributed by atoms with Gasteiger partial charge >= 0.3 is 0 Å². The fourth-order valence-electron chi connectivity index (χ4n) is 1.90. The Hall–Kier alpha value is -1.38. The van der Waals surface area contributed by atoms with Crippen molar-refractivity contribution >= 4 is 0 Å². The molecule has 1 atom stereocenters. The van der Waals surface area contributed by atoms with Crippen LogP contribution in [0, 0.1) is 0 Å². The van der Waals surface area contributed by atoms with Gasteiger partial charge in [-0.3, -0.25) is 4.90 Å². The van der Waals surface area contributed by atoms with E-state index in [2.05, 4.69) is 0 Å². The van der Waals surface area contributed by atoms with Crippen molar-refractivity contribution in [3.05, 3.63) is 23.8 Å². The van der Waals surface area contributed by atoms with E-state index in [1.165, 1.54) is 7.11 Å². The second-order valence-corrected chi connectivity index (χ2v) is 4.41. The number of ether oxygens (including phenoxy) is 2. The number of hydrogen-bond donors (Lipinski definition) is 4. The summed E-state index contributed by atoms with van der Waals surface area (Å²) in [5.41, 5.74) is 0.227. The van der Waals surface area contributed by atoms with Gasteiger partial charge in [0, 0.05) is 19.6 Å². The Balaban J connectivity index is 2.51. The summed E-state index contributed by atoms with van der Waals surface area (Å²) in [4.78, 5) is 1.80. The quantitative estimate of drug-likeness (QED) is 0.440. The zero-order chi connectivity index (χ0) is 15.7. The van der Waals surface area contributed by atoms with Crippen molar-refractivity contribution in [3.8, 4) is 11.5 Å². The zero-order valence-electron chi connectivity index (χ0n) is 12.1. The third-order valence-electron chi connectivity index (χ3n) is 3.03. The maximum Gasteiger partial charge on any atom is 0.184 e. The lowest BCUT2D eigenvalue weighted by molar-refractivity contribution is -0.108. The van der Waals surface area contributed by atoms with Crippen LogP contribution in [0.25, 0.3) is 0 Å². The Morgan fingerprint density at radius 3 is 2.38 bits per heavy atom. The summed E-state index contributed by atoms with van der Waals surface area (Å²) in [5, 5.41) is 37.6. The largest absolute Gasteiger partial charge is 0.504 e. The summed E-state index contributed by atoms with van der Waals surface area (Å²) < 4.78 is 10.2. The molecular weight excluding hydrogens is 278 g/mol. The normalized spacial score (nSPS) is 12.6. The number of benzene rings is 1. The van der Waals surface area contributed by atoms with Crippen molar-refractivity contribution in [1.29, 1.82) is 0 Å². The molecule has 120 valence electrons. The summed E-state index contributed by atoms with van der Waals surface area (Å²) in [5.74, 6) is 0.104. The van der Waals surface area contributed by atoms with Crippen LogP contribution in [0.5, 0.6) is 11.5 Å². The number of aliphatic hydroxyl groups excluding tert-OH is 3. The number of methoxy groups -OCH3 is 1. The molecule has 7 heteroatoms. The van der Waals surface area contributed by atoms with Crippen molar-refractivity contribution in [2.75, 3.05) is 46.6 Å². The lowest BCUT2D eigenvalue weighted by Crippen LogP contribution is -2.33. The first-order valence-electron chi connectivity index (χ1n) is 6.73. The van der Waals surface area contributed by atoms with Crippen LogP contribution in [0.1, 0.15) is 11.9 Å². The summed E-state index contributed by atoms with van der Waals surface area (Å²) in [6.45, 7) is 1.45. The summed E-state index contributed by atoms with van der Waals surface area (Å²) >= 11 is 0. The Kier molecular flexibility index (Phi) is 8.03. The van der Waals surface area contributed by atoms with Crippen molar-refractivity contribution < 1.29 is 29.9 Å². The Morgan fingerprint density at radius 1 is 1.14 bits per heavy atom. The molecule has 0 amide bonds. The number of phenolic OH excluding ortho intramolecular Hbond substituents is 1. The van der Waals surface area contributed by atoms with Gasteiger partial charge in [0.15, 0.2) is 17.8 Å². The average Bonchev–Trinajstić information content (AvgIpc) is 2.47. The molecule has 0 radical (unpaired) electrons. The van der Waals surface area contributed by atoms with Gasteiger partial charge in [-0.25, -0.2) is 0 Å². The van der Waals surface area contributed by atoms with Crippen LogP contribution >= 0.6 is 0 Å². The van der Waals surface area contributed by atoms with Gasteiger partial charge in [0.05, 0.1) is 32.5 Å². The van der Waals surface area contributed by atoms with Gasteiger partial charge in [-0.1, -0.05) is 6.07 Å². The molecule has 0 aliphatic heterocycles. The van der Waals surface area contributed by atoms with E-state index in [4.69, 9.17) is 19.7 Å². The minimum atomic E-state index is -1.27. The Morgan fingerprint density at radius 2 is 1.81 bits per heavy atom. The van der Waals surface area contributed by atoms with E-state index < -0.39 is 6.29 Å². The van der Waals surface area contributed by atoms with Gasteiger partial charge in [0.1, 0.15) is 0 Å². The molecule has 0 fully saturated rings. The molecule has 0 bridgehead atoms. The molecule has 0 aliphatic rings. The van der Waals surface area contributed by atoms with E-state index in [0.29, 0.717) is 19.6 Å². The SMILES string of the molecule is COc1cccc(C(O)OCCN(CCO)CCO)c1O. The second-order valence-electron chi connectivity index (χ2n) is 4.41. The van der Waals surface area contributed by atoms with Crippen LogP contribution < -0.4 is 4.74 Å². The molecule has 0 saturated heterocycles. The minimum absolute atomic E-state index is 0.0147. The van der Waals surface area contributed by atoms with Gasteiger partial charge in [0.2, 0.25) is 0 Å². The highest BCUT2D eigenvalue weighted by atomic mass is 16.6. The van der Waals surface area contributed by atoms with E-state index in [1.54, 1.807) is 23.1 Å². The average molecular weight is 301 g/mol. The summed E-state index contributed by atoms with van der Waals surface area (Å²) in [6.07, 6.45) is -1.27. The lowest BCUT2D eigenvalue weighted by Gasteiger charge is -2.21. The Bertz CT molecular complexity index is 408. The smallest absolute Gasteiger partial charge is 0.184 e. The first kappa shape index (κ1) is 17.7. The molecule has 0 saturated carbocycles. The molecule has 0 aliphatic carbocycles. The standard InChI is InChI=1S/C14H23NO6/c1-20-12-4-2-3-11(13(12)18)14(19)21-10-7-15(5-8-16)6-9-17/h2-4,14,16-19H,5-10H2,1H3. The molecule has 1 unspecified atom stereocenters. The van der Waals surface area contributed by atoms with Gasteiger partial charge in [-0.15, -0.1) is 0 Å². The van der Waals surface area contributed by atoms with Gasteiger partial charge in [-0.05, 0) is 12.1 Å². The van der Waals surface area contributed by atoms with E-state index in [-0.39, 0.29) is 36.9 Å². The number of aromatic hydroxyl groups is 1. The van der Waals surface area contributed by atoms with Crippen molar-refractivity contribution in [3.63, 3.8) is 0 Å². The number of rotatable bonds is 10. The highest BCUT2D eigenvalue weighted by Gasteiger charge is 2.16. The van der Waals surface area contributed by atoms with Crippen LogP contribution in [0.2, 0.25) is 0 Å². The molecule has 0 heterocycles. The molecule has 4 N–H and O–H groups in total. The predicted molar refractivity (Wildman–Crippen MR) is 76.2 cm³/mol. The van der Waals surface area contributed by atoms with Gasteiger partial charge < -0.3 is 29.9 Å². The van der Waals surface area contributed by atoms with E-state index in [1.807, 2.05) is 0 Å². The molecule has 1 aromatic rings. The molecular formula is C14H23NO6. The minimum Gasteiger partial charge on any atom is -0.504 e. The Labute approximate surface area is 124 Å². The molecule has 1 rings (SSSR count). The van der Waals surface area contributed by atoms with Crippen LogP contribution in [0.4, 0.5) is 0 Å². The van der Waals surface area contributed by atoms with Crippen LogP contribution in [0.3, 0.4) is 0 Å². The zero-order valence-corrected chi connectivity index (χ0v) is 12.1. The van der Waals surface area contributed by atoms with Crippen molar-refractivity contribution in [1.82, 2.24) is 4.90 Å². The molecule has 0 spiro atoms. The van der Waals surface area contributed by atoms with E-state index in [0.717, 1.165) is 0 Å². The van der Waals surface area contributed by atoms with E-state index >= 15 is 0 Å². The number of aliphatic hydroxyl groups is 3. The monoisotopic (exact) mass is 301 g/mol. The predicted octanol–water partition coefficient (Wildman–Crippen LogP) is -0.305. The molecule has 0 aromatic heterocycles. The van der Waals surface area contributed by atoms with Crippen LogP contribution in [-0.4, -0.2) is 71.9 Å². The first-order valence-corrected chi connectivity index (χ1v) is 6.73. The third kappa shape index (κ3) is 5.49. The number of phenols is 1. The van der Waals surface area contributed by atoms with Gasteiger partial charge in [0.25, 0.3) is 0 Å². The van der Waals surface area contributed by atoms with Crippen LogP contribution in [-0.2, 0) is 4.74 Å². The fourth-order valence-corrected chi connectivity index (χ4v) is 1.90. The summed E-state index contributed by atoms with van der Waals surface area (Å²) in [6, 6.07) is 4.77. The van der Waals surface area contributed by atoms with E-state index in [9.17, 15) is 10.2 Å². The molecule has 1 aromatic carbocycles. The molecule has 7 nitrogen and oxygen atoms in total. The van der Waals surface area contributed by atoms with Crippen LogP contribution in [0.15, 0.2) is 18.2 Å². The summed E-state index contributed by atoms with van der Waals surface area (Å²) in [7, 11) is 1.42. The maximum absolute atomic E-state index is 9.94. The molecule has 21 heavy (non-hydrogen) atoms. The lowest BCUT2D eigenvalue weighted by atomic mass is 10.2. The van der Waals surface area contributed by atoms with Crippen molar-refractivity contribution in [2.45, 2.75) is 6.29 Å². The number of hydrogen-bond acceptors (Lipinski definition) is 7. The highest BCUT2D eigenvalue weighted by Crippen LogP contribution is 2.33.